The van der Waals surface area contributed by atoms with E-state index < -0.39 is 5.82 Å². The number of carbonyl (C=O) groups is 1. The van der Waals surface area contributed by atoms with Gasteiger partial charge in [-0.05, 0) is 43.5 Å². The monoisotopic (exact) mass is 474 g/mol. The molecule has 4 aromatic rings. The normalized spacial score (nSPS) is 14.1. The Hall–Kier alpha value is -3.77. The highest BCUT2D eigenvalue weighted by Crippen LogP contribution is 2.30. The Morgan fingerprint density at radius 2 is 1.97 bits per heavy atom. The Bertz CT molecular complexity index is 1400. The van der Waals surface area contributed by atoms with E-state index in [1.54, 1.807) is 29.7 Å². The molecule has 34 heavy (non-hydrogen) atoms. The fourth-order valence-corrected chi connectivity index (χ4v) is 5.02. The molecule has 0 unspecified atom stereocenters. The number of hydrogen-bond donors (Lipinski definition) is 0. The number of nitrogens with zero attached hydrogens (tertiary/aromatic N) is 6. The molecular formula is C25H23FN6OS. The maximum Gasteiger partial charge on any atom is 0.254 e. The van der Waals surface area contributed by atoms with Crippen molar-refractivity contribution in [2.45, 2.75) is 19.9 Å². The van der Waals surface area contributed by atoms with Crippen molar-refractivity contribution in [1.82, 2.24) is 19.7 Å². The van der Waals surface area contributed by atoms with Crippen LogP contribution >= 0.6 is 11.3 Å². The largest absolute Gasteiger partial charge is 0.367 e. The molecule has 9 heteroatoms. The van der Waals surface area contributed by atoms with Gasteiger partial charge in [0.25, 0.3) is 5.91 Å². The van der Waals surface area contributed by atoms with E-state index in [0.717, 1.165) is 16.0 Å². The van der Waals surface area contributed by atoms with E-state index in [1.807, 2.05) is 58.0 Å². The van der Waals surface area contributed by atoms with Gasteiger partial charge in [-0.15, -0.1) is 11.3 Å². The number of benzene rings is 1. The molecule has 1 saturated heterocycles. The third-order valence-electron chi connectivity index (χ3n) is 6.07. The molecule has 0 saturated carbocycles. The summed E-state index contributed by atoms with van der Waals surface area (Å²) < 4.78 is 15.9. The molecule has 0 radical (unpaired) electrons. The number of rotatable bonds is 4. The molecule has 5 rings (SSSR count). The number of fused-ring (bicyclic) bond motifs is 1. The minimum atomic E-state index is -0.527. The third kappa shape index (κ3) is 3.80. The lowest BCUT2D eigenvalue weighted by Crippen LogP contribution is -2.49. The number of piperazine rings is 1. The molecule has 0 atom stereocenters. The van der Waals surface area contributed by atoms with Gasteiger partial charge in [-0.25, -0.2) is 14.1 Å². The predicted molar refractivity (Wildman–Crippen MR) is 130 cm³/mol. The van der Waals surface area contributed by atoms with Crippen molar-refractivity contribution in [2.75, 3.05) is 31.1 Å². The zero-order chi connectivity index (χ0) is 23.8. The average molecular weight is 475 g/mol. The van der Waals surface area contributed by atoms with Crippen LogP contribution in [-0.4, -0.2) is 51.8 Å². The first-order valence-corrected chi connectivity index (χ1v) is 12.0. The highest BCUT2D eigenvalue weighted by molar-refractivity contribution is 7.13. The van der Waals surface area contributed by atoms with E-state index in [0.29, 0.717) is 43.1 Å². The fourth-order valence-electron chi connectivity index (χ4n) is 4.33. The van der Waals surface area contributed by atoms with Gasteiger partial charge in [0.05, 0.1) is 33.4 Å². The zero-order valence-electron chi connectivity index (χ0n) is 18.9. The average Bonchev–Trinajstić information content (AvgIpc) is 3.53. The van der Waals surface area contributed by atoms with Crippen LogP contribution in [0.4, 0.5) is 10.1 Å². The number of hydrogen-bond acceptors (Lipinski definition) is 6. The van der Waals surface area contributed by atoms with Crippen LogP contribution in [0.2, 0.25) is 0 Å². The summed E-state index contributed by atoms with van der Waals surface area (Å²) in [6, 6.07) is 12.5. The summed E-state index contributed by atoms with van der Waals surface area (Å²) in [5.41, 5.74) is 2.64. The molecule has 4 heterocycles. The SMILES string of the molecule is CC(C)n1ncc2c(C(=O)N3CCN(c4cccc(F)c4C#N)CC3)cc(-c3cccs3)nc21. The molecule has 3 aromatic heterocycles. The summed E-state index contributed by atoms with van der Waals surface area (Å²) in [6.45, 7) is 6.04. The predicted octanol–water partition coefficient (Wildman–Crippen LogP) is 4.71. The van der Waals surface area contributed by atoms with Gasteiger partial charge in [-0.2, -0.15) is 10.4 Å². The van der Waals surface area contributed by atoms with E-state index in [9.17, 15) is 14.4 Å². The molecule has 0 aliphatic carbocycles. The van der Waals surface area contributed by atoms with E-state index in [2.05, 4.69) is 5.10 Å². The van der Waals surface area contributed by atoms with Crippen LogP contribution in [0.25, 0.3) is 21.6 Å². The minimum Gasteiger partial charge on any atom is -0.367 e. The number of aromatic nitrogens is 3. The van der Waals surface area contributed by atoms with Crippen LogP contribution in [0.5, 0.6) is 0 Å². The van der Waals surface area contributed by atoms with Gasteiger partial charge < -0.3 is 9.80 Å². The molecule has 7 nitrogen and oxygen atoms in total. The summed E-state index contributed by atoms with van der Waals surface area (Å²) in [5, 5.41) is 16.6. The van der Waals surface area contributed by atoms with Crippen molar-refractivity contribution in [3.63, 3.8) is 0 Å². The smallest absolute Gasteiger partial charge is 0.254 e. The van der Waals surface area contributed by atoms with Gasteiger partial charge >= 0.3 is 0 Å². The molecule has 1 aliphatic heterocycles. The van der Waals surface area contributed by atoms with Crippen molar-refractivity contribution in [2.24, 2.45) is 0 Å². The Morgan fingerprint density at radius 1 is 1.18 bits per heavy atom. The number of thiophene rings is 1. The third-order valence-corrected chi connectivity index (χ3v) is 6.96. The van der Waals surface area contributed by atoms with E-state index in [-0.39, 0.29) is 17.5 Å². The minimum absolute atomic E-state index is 0.0415. The number of carbonyl (C=O) groups excluding carboxylic acids is 1. The number of anilines is 1. The maximum absolute atomic E-state index is 14.1. The highest BCUT2D eigenvalue weighted by Gasteiger charge is 2.27. The first kappa shape index (κ1) is 22.0. The van der Waals surface area contributed by atoms with Crippen LogP contribution in [0.3, 0.4) is 0 Å². The van der Waals surface area contributed by atoms with E-state index in [4.69, 9.17) is 4.98 Å². The van der Waals surface area contributed by atoms with Crippen molar-refractivity contribution in [1.29, 1.82) is 5.26 Å². The van der Waals surface area contributed by atoms with Gasteiger partial charge in [0, 0.05) is 32.2 Å². The second-order valence-corrected chi connectivity index (χ2v) is 9.43. The summed E-state index contributed by atoms with van der Waals surface area (Å²) >= 11 is 1.58. The Balaban J connectivity index is 1.45. The number of nitriles is 1. The standard InChI is InChI=1S/C25H23FN6OS/c1-16(2)32-24-19(15-28-32)17(13-21(29-24)23-7-4-12-34-23)25(33)31-10-8-30(9-11-31)22-6-3-5-20(26)18(22)14-27/h3-7,12-13,15-16H,8-11H2,1-2H3. The molecule has 1 fully saturated rings. The van der Waals surface area contributed by atoms with Crippen LogP contribution in [0.15, 0.2) is 48.0 Å². The Labute approximate surface area is 200 Å². The second-order valence-electron chi connectivity index (χ2n) is 8.48. The lowest BCUT2D eigenvalue weighted by Gasteiger charge is -2.36. The molecule has 172 valence electrons. The van der Waals surface area contributed by atoms with E-state index >= 15 is 0 Å². The van der Waals surface area contributed by atoms with Crippen LogP contribution < -0.4 is 4.90 Å². The van der Waals surface area contributed by atoms with Crippen LogP contribution in [0.1, 0.15) is 35.8 Å². The number of pyridine rings is 1. The molecule has 1 aliphatic rings. The maximum atomic E-state index is 14.1. The molecule has 0 N–H and O–H groups in total. The summed E-state index contributed by atoms with van der Waals surface area (Å²) in [7, 11) is 0. The van der Waals surface area contributed by atoms with Gasteiger partial charge in [-0.3, -0.25) is 4.79 Å². The lowest BCUT2D eigenvalue weighted by molar-refractivity contribution is 0.0748. The Kier molecular flexibility index (Phi) is 5.75. The zero-order valence-corrected chi connectivity index (χ0v) is 19.7. The summed E-state index contributed by atoms with van der Waals surface area (Å²) in [4.78, 5) is 23.3. The van der Waals surface area contributed by atoms with Gasteiger partial charge in [-0.1, -0.05) is 12.1 Å². The van der Waals surface area contributed by atoms with Crippen LogP contribution in [0, 0.1) is 17.1 Å². The van der Waals surface area contributed by atoms with Gasteiger partial charge in [0.1, 0.15) is 17.4 Å². The second kappa shape index (κ2) is 8.88. The van der Waals surface area contributed by atoms with E-state index in [1.165, 1.54) is 6.07 Å². The van der Waals surface area contributed by atoms with Gasteiger partial charge in [0.2, 0.25) is 0 Å². The molecule has 0 spiro atoms. The first-order chi connectivity index (χ1) is 16.5. The molecular weight excluding hydrogens is 451 g/mol. The van der Waals surface area contributed by atoms with Crippen molar-refractivity contribution in [3.05, 3.63) is 64.9 Å². The number of amides is 1. The molecule has 1 amide bonds. The van der Waals surface area contributed by atoms with Crippen molar-refractivity contribution in [3.8, 4) is 16.6 Å². The number of halogens is 1. The fraction of sp³-hybridized carbons (Fsp3) is 0.280. The topological polar surface area (TPSA) is 78.0 Å². The first-order valence-electron chi connectivity index (χ1n) is 11.1. The highest BCUT2D eigenvalue weighted by atomic mass is 32.1. The molecule has 0 bridgehead atoms. The summed E-state index contributed by atoms with van der Waals surface area (Å²) in [5.74, 6) is -0.603. The van der Waals surface area contributed by atoms with Crippen LogP contribution in [-0.2, 0) is 0 Å². The summed E-state index contributed by atoms with van der Waals surface area (Å²) in [6.07, 6.45) is 1.72. The lowest BCUT2D eigenvalue weighted by atomic mass is 10.1. The quantitative estimate of drug-likeness (QED) is 0.428. The van der Waals surface area contributed by atoms with Crippen molar-refractivity contribution >= 4 is 34.0 Å². The van der Waals surface area contributed by atoms with Crippen molar-refractivity contribution < 1.29 is 9.18 Å². The Morgan fingerprint density at radius 3 is 2.65 bits per heavy atom. The van der Waals surface area contributed by atoms with Gasteiger partial charge in [0.15, 0.2) is 5.65 Å². The molecule has 1 aromatic carbocycles.